The summed E-state index contributed by atoms with van der Waals surface area (Å²) >= 11 is 0. The van der Waals surface area contributed by atoms with Gasteiger partial charge in [0.1, 0.15) is 5.82 Å². The Hall–Kier alpha value is -0.940. The van der Waals surface area contributed by atoms with Crippen molar-refractivity contribution in [1.82, 2.24) is 0 Å². The maximum Gasteiger partial charge on any atom is 0.181 e. The third-order valence-electron chi connectivity index (χ3n) is 3.92. The summed E-state index contributed by atoms with van der Waals surface area (Å²) in [6, 6.07) is 5.27. The van der Waals surface area contributed by atoms with E-state index in [1.54, 1.807) is 0 Å². The van der Waals surface area contributed by atoms with Crippen molar-refractivity contribution in [3.8, 4) is 0 Å². The Balaban J connectivity index is 2.36. The Morgan fingerprint density at radius 2 is 1.95 bits per heavy atom. The van der Waals surface area contributed by atoms with Crippen LogP contribution in [-0.4, -0.2) is 20.2 Å². The van der Waals surface area contributed by atoms with Crippen molar-refractivity contribution in [3.05, 3.63) is 30.1 Å². The summed E-state index contributed by atoms with van der Waals surface area (Å²) in [5.41, 5.74) is 5.73. The van der Waals surface area contributed by atoms with Crippen LogP contribution in [-0.2, 0) is 9.84 Å². The summed E-state index contributed by atoms with van der Waals surface area (Å²) in [6.07, 6.45) is 4.44. The Bertz CT molecular complexity index is 530. The molecule has 1 aliphatic carbocycles. The zero-order valence-corrected chi connectivity index (χ0v) is 11.7. The molecule has 1 aromatic rings. The van der Waals surface area contributed by atoms with Gasteiger partial charge in [-0.2, -0.15) is 0 Å². The topological polar surface area (TPSA) is 60.2 Å². The van der Waals surface area contributed by atoms with E-state index in [1.165, 1.54) is 18.2 Å². The molecule has 106 valence electrons. The standard InChI is InChI=1S/C14H20FNO2S/c15-12-6-4-7-13(9-12)19(17,18)14-8-3-1-2-5-11(14)10-16/h4,6-7,9,11,14H,1-3,5,8,10,16H2. The van der Waals surface area contributed by atoms with Crippen LogP contribution < -0.4 is 5.73 Å². The molecule has 1 aliphatic rings. The summed E-state index contributed by atoms with van der Waals surface area (Å²) in [6.45, 7) is 0.374. The third kappa shape index (κ3) is 3.15. The molecule has 3 nitrogen and oxygen atoms in total. The monoisotopic (exact) mass is 285 g/mol. The van der Waals surface area contributed by atoms with E-state index in [1.807, 2.05) is 0 Å². The molecule has 19 heavy (non-hydrogen) atoms. The predicted octanol–water partition coefficient (Wildman–Crippen LogP) is 2.51. The zero-order valence-electron chi connectivity index (χ0n) is 10.9. The van der Waals surface area contributed by atoms with E-state index in [-0.39, 0.29) is 10.8 Å². The highest BCUT2D eigenvalue weighted by atomic mass is 32.2. The van der Waals surface area contributed by atoms with Gasteiger partial charge in [0.25, 0.3) is 0 Å². The van der Waals surface area contributed by atoms with Gasteiger partial charge in [-0.25, -0.2) is 12.8 Å². The zero-order chi connectivity index (χ0) is 13.9. The second kappa shape index (κ2) is 6.01. The second-order valence-corrected chi connectivity index (χ2v) is 7.34. The van der Waals surface area contributed by atoms with Crippen LogP contribution in [0.25, 0.3) is 0 Å². The highest BCUT2D eigenvalue weighted by Gasteiger charge is 2.34. The van der Waals surface area contributed by atoms with Gasteiger partial charge in [0.05, 0.1) is 10.1 Å². The minimum atomic E-state index is -3.49. The molecule has 1 fully saturated rings. The molecule has 5 heteroatoms. The summed E-state index contributed by atoms with van der Waals surface area (Å²) in [5.74, 6) is -0.533. The van der Waals surface area contributed by atoms with Crippen LogP contribution in [0.3, 0.4) is 0 Å². The quantitative estimate of drug-likeness (QED) is 0.868. The number of hydrogen-bond acceptors (Lipinski definition) is 3. The van der Waals surface area contributed by atoms with Gasteiger partial charge in [0.15, 0.2) is 9.84 Å². The van der Waals surface area contributed by atoms with Crippen molar-refractivity contribution < 1.29 is 12.8 Å². The van der Waals surface area contributed by atoms with E-state index in [0.29, 0.717) is 13.0 Å². The predicted molar refractivity (Wildman–Crippen MR) is 73.0 cm³/mol. The van der Waals surface area contributed by atoms with E-state index in [2.05, 4.69) is 0 Å². The van der Waals surface area contributed by atoms with Gasteiger partial charge in [-0.15, -0.1) is 0 Å². The van der Waals surface area contributed by atoms with Gasteiger partial charge in [0, 0.05) is 0 Å². The molecule has 0 aromatic heterocycles. The highest BCUT2D eigenvalue weighted by molar-refractivity contribution is 7.92. The minimum Gasteiger partial charge on any atom is -0.330 e. The number of nitrogens with two attached hydrogens (primary N) is 1. The van der Waals surface area contributed by atoms with Gasteiger partial charge in [-0.3, -0.25) is 0 Å². The fraction of sp³-hybridized carbons (Fsp3) is 0.571. The average Bonchev–Trinajstić information content (AvgIpc) is 2.64. The smallest absolute Gasteiger partial charge is 0.181 e. The maximum atomic E-state index is 13.2. The van der Waals surface area contributed by atoms with Crippen LogP contribution in [0, 0.1) is 11.7 Å². The molecule has 0 radical (unpaired) electrons. The normalized spacial score (nSPS) is 24.9. The molecule has 2 atom stereocenters. The van der Waals surface area contributed by atoms with Crippen molar-refractivity contribution in [3.63, 3.8) is 0 Å². The highest BCUT2D eigenvalue weighted by Crippen LogP contribution is 2.31. The SMILES string of the molecule is NCC1CCCCCC1S(=O)(=O)c1cccc(F)c1. The molecule has 0 heterocycles. The van der Waals surface area contributed by atoms with Gasteiger partial charge in [0.2, 0.25) is 0 Å². The van der Waals surface area contributed by atoms with Crippen molar-refractivity contribution in [2.45, 2.75) is 42.2 Å². The van der Waals surface area contributed by atoms with E-state index in [9.17, 15) is 12.8 Å². The number of halogens is 1. The first-order valence-electron chi connectivity index (χ1n) is 6.75. The fourth-order valence-electron chi connectivity index (χ4n) is 2.85. The second-order valence-electron chi connectivity index (χ2n) is 5.17. The average molecular weight is 285 g/mol. The number of sulfone groups is 1. The summed E-state index contributed by atoms with van der Waals surface area (Å²) in [7, 11) is -3.49. The van der Waals surface area contributed by atoms with Gasteiger partial charge >= 0.3 is 0 Å². The van der Waals surface area contributed by atoms with E-state index in [4.69, 9.17) is 5.73 Å². The number of rotatable bonds is 3. The molecular weight excluding hydrogens is 265 g/mol. The van der Waals surface area contributed by atoms with E-state index < -0.39 is 20.9 Å². The van der Waals surface area contributed by atoms with E-state index in [0.717, 1.165) is 31.7 Å². The number of hydrogen-bond donors (Lipinski definition) is 1. The fourth-order valence-corrected chi connectivity index (χ4v) is 4.97. The summed E-state index contributed by atoms with van der Waals surface area (Å²) in [5, 5.41) is -0.471. The van der Waals surface area contributed by atoms with Gasteiger partial charge in [-0.05, 0) is 43.5 Å². The Kier molecular flexibility index (Phi) is 4.58. The number of benzene rings is 1. The molecule has 1 saturated carbocycles. The first kappa shape index (κ1) is 14.5. The largest absolute Gasteiger partial charge is 0.330 e. The molecule has 2 N–H and O–H groups in total. The Labute approximate surface area is 113 Å². The Morgan fingerprint density at radius 3 is 2.63 bits per heavy atom. The summed E-state index contributed by atoms with van der Waals surface area (Å²) in [4.78, 5) is 0.0813. The van der Waals surface area contributed by atoms with Crippen LogP contribution in [0.4, 0.5) is 4.39 Å². The van der Waals surface area contributed by atoms with Crippen LogP contribution in [0.15, 0.2) is 29.2 Å². The van der Waals surface area contributed by atoms with E-state index >= 15 is 0 Å². The lowest BCUT2D eigenvalue weighted by Gasteiger charge is -2.23. The van der Waals surface area contributed by atoms with Gasteiger partial charge in [-0.1, -0.05) is 25.3 Å². The van der Waals surface area contributed by atoms with Crippen molar-refractivity contribution in [2.75, 3.05) is 6.54 Å². The van der Waals surface area contributed by atoms with Crippen molar-refractivity contribution in [1.29, 1.82) is 0 Å². The molecule has 2 unspecified atom stereocenters. The third-order valence-corrected chi connectivity index (χ3v) is 6.24. The van der Waals surface area contributed by atoms with Gasteiger partial charge < -0.3 is 5.73 Å². The molecule has 0 aliphatic heterocycles. The molecule has 1 aromatic carbocycles. The maximum absolute atomic E-state index is 13.2. The molecule has 0 saturated heterocycles. The lowest BCUT2D eigenvalue weighted by molar-refractivity contribution is 0.456. The van der Waals surface area contributed by atoms with Crippen molar-refractivity contribution in [2.24, 2.45) is 11.7 Å². The summed E-state index contributed by atoms with van der Waals surface area (Å²) < 4.78 is 38.5. The first-order valence-corrected chi connectivity index (χ1v) is 8.30. The lowest BCUT2D eigenvalue weighted by Crippen LogP contribution is -2.34. The van der Waals surface area contributed by atoms with Crippen LogP contribution in [0.1, 0.15) is 32.1 Å². The molecule has 2 rings (SSSR count). The van der Waals surface area contributed by atoms with Crippen LogP contribution in [0.5, 0.6) is 0 Å². The van der Waals surface area contributed by atoms with Crippen LogP contribution >= 0.6 is 0 Å². The first-order chi connectivity index (χ1) is 9.05. The molecule has 0 bridgehead atoms. The Morgan fingerprint density at radius 1 is 1.21 bits per heavy atom. The molecule has 0 spiro atoms. The van der Waals surface area contributed by atoms with Crippen LogP contribution in [0.2, 0.25) is 0 Å². The molecule has 0 amide bonds. The lowest BCUT2D eigenvalue weighted by atomic mass is 10.0. The van der Waals surface area contributed by atoms with Crippen molar-refractivity contribution >= 4 is 9.84 Å². The minimum absolute atomic E-state index is 0.0178. The molecular formula is C14H20FNO2S.